The fourth-order valence-electron chi connectivity index (χ4n) is 4.69. The fourth-order valence-corrected chi connectivity index (χ4v) is 4.69. The molecule has 0 radical (unpaired) electrons. The molecular weight excluding hydrogens is 432 g/mol. The van der Waals surface area contributed by atoms with Gasteiger partial charge >= 0.3 is 12.2 Å². The fraction of sp³-hybridized carbons (Fsp3) is 0.923. The van der Waals surface area contributed by atoms with Gasteiger partial charge in [0.1, 0.15) is 11.2 Å². The first-order valence-electron chi connectivity index (χ1n) is 13.1. The van der Waals surface area contributed by atoms with E-state index in [4.69, 9.17) is 20.9 Å². The zero-order valence-electron chi connectivity index (χ0n) is 22.6. The summed E-state index contributed by atoms with van der Waals surface area (Å²) in [6.07, 6.45) is 8.93. The number of rotatable bonds is 6. The smallest absolute Gasteiger partial charge is 0.407 e. The molecule has 2 fully saturated rings. The van der Waals surface area contributed by atoms with E-state index in [-0.39, 0.29) is 12.2 Å². The van der Waals surface area contributed by atoms with Crippen molar-refractivity contribution in [3.63, 3.8) is 0 Å². The highest BCUT2D eigenvalue weighted by Gasteiger charge is 2.24. The van der Waals surface area contributed by atoms with Gasteiger partial charge < -0.3 is 31.6 Å². The molecule has 0 aromatic heterocycles. The lowest BCUT2D eigenvalue weighted by molar-refractivity contribution is 0.0501. The minimum Gasteiger partial charge on any atom is -0.444 e. The quantitative estimate of drug-likeness (QED) is 0.438. The lowest BCUT2D eigenvalue weighted by atomic mass is 9.81. The number of carbonyl (C=O) groups is 2. The van der Waals surface area contributed by atoms with Crippen molar-refractivity contribution in [3.8, 4) is 0 Å². The molecule has 2 aliphatic carbocycles. The molecule has 0 aliphatic heterocycles. The Morgan fingerprint density at radius 2 is 1.00 bits per heavy atom. The Hall–Kier alpha value is -1.54. The maximum atomic E-state index is 11.5. The predicted octanol–water partition coefficient (Wildman–Crippen LogP) is 4.55. The first kappa shape index (κ1) is 30.5. The standard InChI is InChI=1S/2C13H26N2O2/c2*1-13(2,3)17-12(16)15-9-11-6-4-5-10(7-11)8-14/h2*10-11H,4-9,14H2,1-3H3,(H,15,16)/t2*10-,11+/m10/s1. The molecule has 0 spiro atoms. The van der Waals surface area contributed by atoms with Crippen LogP contribution < -0.4 is 22.1 Å². The van der Waals surface area contributed by atoms with Gasteiger partial charge in [0.2, 0.25) is 0 Å². The summed E-state index contributed by atoms with van der Waals surface area (Å²) in [7, 11) is 0. The summed E-state index contributed by atoms with van der Waals surface area (Å²) in [5.74, 6) is 2.39. The van der Waals surface area contributed by atoms with Crippen molar-refractivity contribution in [2.75, 3.05) is 26.2 Å². The first-order chi connectivity index (χ1) is 15.8. The molecule has 0 aromatic carbocycles. The summed E-state index contributed by atoms with van der Waals surface area (Å²) in [4.78, 5) is 23.0. The summed E-state index contributed by atoms with van der Waals surface area (Å²) >= 11 is 0. The molecular formula is C26H52N4O4. The van der Waals surface area contributed by atoms with Crippen molar-refractivity contribution in [2.24, 2.45) is 35.1 Å². The summed E-state index contributed by atoms with van der Waals surface area (Å²) in [5.41, 5.74) is 10.5. The Kier molecular flexibility index (Phi) is 13.2. The average Bonchev–Trinajstić information content (AvgIpc) is 2.75. The van der Waals surface area contributed by atoms with Gasteiger partial charge in [0, 0.05) is 13.1 Å². The highest BCUT2D eigenvalue weighted by Crippen LogP contribution is 2.28. The third-order valence-electron chi connectivity index (χ3n) is 6.32. The van der Waals surface area contributed by atoms with Crippen LogP contribution in [0.5, 0.6) is 0 Å². The minimum atomic E-state index is -0.420. The number of hydrogen-bond donors (Lipinski definition) is 4. The summed E-state index contributed by atoms with van der Waals surface area (Å²) < 4.78 is 10.4. The minimum absolute atomic E-state index is 0.313. The van der Waals surface area contributed by atoms with Crippen LogP contribution in [-0.4, -0.2) is 49.6 Å². The van der Waals surface area contributed by atoms with Gasteiger partial charge in [0.15, 0.2) is 0 Å². The molecule has 8 nitrogen and oxygen atoms in total. The molecule has 2 amide bonds. The van der Waals surface area contributed by atoms with E-state index in [0.29, 0.717) is 36.8 Å². The lowest BCUT2D eigenvalue weighted by Crippen LogP contribution is -2.37. The number of ether oxygens (including phenoxy) is 2. The van der Waals surface area contributed by atoms with Crippen LogP contribution >= 0.6 is 0 Å². The van der Waals surface area contributed by atoms with E-state index < -0.39 is 11.2 Å². The van der Waals surface area contributed by atoms with Crippen molar-refractivity contribution in [1.29, 1.82) is 0 Å². The summed E-state index contributed by atoms with van der Waals surface area (Å²) in [6.45, 7) is 14.2. The van der Waals surface area contributed by atoms with Crippen LogP contribution in [0.4, 0.5) is 9.59 Å². The Morgan fingerprint density at radius 3 is 1.29 bits per heavy atom. The molecule has 2 aliphatic rings. The predicted molar refractivity (Wildman–Crippen MR) is 137 cm³/mol. The van der Waals surface area contributed by atoms with Crippen LogP contribution in [0, 0.1) is 23.7 Å². The molecule has 200 valence electrons. The number of hydrogen-bond acceptors (Lipinski definition) is 6. The number of carbonyl (C=O) groups excluding carboxylic acids is 2. The van der Waals surface area contributed by atoms with Gasteiger partial charge in [-0.2, -0.15) is 0 Å². The van der Waals surface area contributed by atoms with Crippen LogP contribution in [0.2, 0.25) is 0 Å². The molecule has 8 heteroatoms. The number of nitrogens with two attached hydrogens (primary N) is 2. The SMILES string of the molecule is CC(C)(C)OC(=O)NC[C@@H]1CCC[C@H](CN)C1.CC(C)(C)OC(=O)NC[C@H]1CCC[C@@H](CN)C1. The molecule has 6 N–H and O–H groups in total. The Morgan fingerprint density at radius 1 is 0.676 bits per heavy atom. The zero-order chi connectivity index (χ0) is 25.8. The van der Waals surface area contributed by atoms with Gasteiger partial charge in [-0.25, -0.2) is 9.59 Å². The molecule has 0 saturated heterocycles. The lowest BCUT2D eigenvalue weighted by Gasteiger charge is -2.28. The van der Waals surface area contributed by atoms with Crippen LogP contribution in [0.1, 0.15) is 92.9 Å². The van der Waals surface area contributed by atoms with E-state index >= 15 is 0 Å². The zero-order valence-corrected chi connectivity index (χ0v) is 22.6. The Balaban J connectivity index is 0.000000340. The van der Waals surface area contributed by atoms with E-state index in [2.05, 4.69) is 10.6 Å². The molecule has 0 unspecified atom stereocenters. The maximum absolute atomic E-state index is 11.5. The van der Waals surface area contributed by atoms with Gasteiger partial charge in [-0.3, -0.25) is 0 Å². The van der Waals surface area contributed by atoms with Crippen molar-refractivity contribution in [3.05, 3.63) is 0 Å². The van der Waals surface area contributed by atoms with Crippen LogP contribution in [-0.2, 0) is 9.47 Å². The second kappa shape index (κ2) is 14.8. The molecule has 34 heavy (non-hydrogen) atoms. The second-order valence-electron chi connectivity index (χ2n) is 12.0. The van der Waals surface area contributed by atoms with Gasteiger partial charge in [-0.1, -0.05) is 12.8 Å². The normalized spacial score (nSPS) is 25.4. The van der Waals surface area contributed by atoms with E-state index in [1.54, 1.807) is 0 Å². The second-order valence-corrected chi connectivity index (χ2v) is 12.0. The number of amides is 2. The summed E-state index contributed by atoms with van der Waals surface area (Å²) in [6, 6.07) is 0. The molecule has 0 heterocycles. The Bertz CT molecular complexity index is 549. The van der Waals surface area contributed by atoms with Crippen LogP contribution in [0.25, 0.3) is 0 Å². The first-order valence-corrected chi connectivity index (χ1v) is 13.1. The van der Waals surface area contributed by atoms with E-state index in [1.807, 2.05) is 41.5 Å². The highest BCUT2D eigenvalue weighted by atomic mass is 16.6. The third-order valence-corrected chi connectivity index (χ3v) is 6.32. The van der Waals surface area contributed by atoms with E-state index in [9.17, 15) is 9.59 Å². The monoisotopic (exact) mass is 484 g/mol. The van der Waals surface area contributed by atoms with Gasteiger partial charge in [-0.15, -0.1) is 0 Å². The third kappa shape index (κ3) is 14.7. The van der Waals surface area contributed by atoms with Crippen molar-refractivity contribution in [1.82, 2.24) is 10.6 Å². The topological polar surface area (TPSA) is 129 Å². The van der Waals surface area contributed by atoms with Crippen LogP contribution in [0.15, 0.2) is 0 Å². The molecule has 4 atom stereocenters. The van der Waals surface area contributed by atoms with Gasteiger partial charge in [0.25, 0.3) is 0 Å². The van der Waals surface area contributed by atoms with Crippen molar-refractivity contribution < 1.29 is 19.1 Å². The summed E-state index contributed by atoms with van der Waals surface area (Å²) in [5, 5.41) is 5.70. The van der Waals surface area contributed by atoms with Crippen LogP contribution in [0.3, 0.4) is 0 Å². The largest absolute Gasteiger partial charge is 0.444 e. The molecule has 0 bridgehead atoms. The molecule has 0 aromatic rings. The number of nitrogens with one attached hydrogen (secondary N) is 2. The van der Waals surface area contributed by atoms with Crippen molar-refractivity contribution in [2.45, 2.75) is 104 Å². The molecule has 2 saturated carbocycles. The van der Waals surface area contributed by atoms with Crippen molar-refractivity contribution >= 4 is 12.2 Å². The van der Waals surface area contributed by atoms with Gasteiger partial charge in [0.05, 0.1) is 0 Å². The van der Waals surface area contributed by atoms with E-state index in [1.165, 1.54) is 38.5 Å². The average molecular weight is 485 g/mol. The molecule has 2 rings (SSSR count). The number of alkyl carbamates (subject to hydrolysis) is 2. The highest BCUT2D eigenvalue weighted by molar-refractivity contribution is 5.67. The Labute approximate surface area is 207 Å². The van der Waals surface area contributed by atoms with Gasteiger partial charge in [-0.05, 0) is 117 Å². The maximum Gasteiger partial charge on any atom is 0.407 e. The van der Waals surface area contributed by atoms with E-state index in [0.717, 1.165) is 25.9 Å².